The quantitative estimate of drug-likeness (QED) is 0.835. The molecule has 0 amide bonds. The van der Waals surface area contributed by atoms with Gasteiger partial charge in [-0.05, 0) is 66.3 Å². The Balaban J connectivity index is 1.63. The lowest BCUT2D eigenvalue weighted by molar-refractivity contribution is -0.0321. The van der Waals surface area contributed by atoms with Gasteiger partial charge in [-0.2, -0.15) is 11.3 Å². The van der Waals surface area contributed by atoms with Gasteiger partial charge < -0.3 is 5.11 Å². The molecular formula is C15H22OS. The van der Waals surface area contributed by atoms with Gasteiger partial charge in [-0.1, -0.05) is 12.8 Å². The van der Waals surface area contributed by atoms with Crippen LogP contribution in [0.2, 0.25) is 0 Å². The molecular weight excluding hydrogens is 228 g/mol. The SMILES string of the molecule is OC1(Cc2ccsc2)CCC2(CCCC2)CC1. The summed E-state index contributed by atoms with van der Waals surface area (Å²) in [6.07, 6.45) is 11.1. The van der Waals surface area contributed by atoms with Crippen LogP contribution in [-0.2, 0) is 6.42 Å². The Hall–Kier alpha value is -0.340. The van der Waals surface area contributed by atoms with E-state index in [1.165, 1.54) is 44.1 Å². The van der Waals surface area contributed by atoms with Crippen LogP contribution in [0.5, 0.6) is 0 Å². The summed E-state index contributed by atoms with van der Waals surface area (Å²) in [5.41, 5.74) is 1.54. The topological polar surface area (TPSA) is 20.2 Å². The lowest BCUT2D eigenvalue weighted by atomic mass is 9.66. The van der Waals surface area contributed by atoms with Crippen molar-refractivity contribution in [2.24, 2.45) is 5.41 Å². The highest BCUT2D eigenvalue weighted by Crippen LogP contribution is 2.51. The molecule has 0 aliphatic heterocycles. The minimum atomic E-state index is -0.408. The Labute approximate surface area is 108 Å². The maximum Gasteiger partial charge on any atom is 0.0688 e. The summed E-state index contributed by atoms with van der Waals surface area (Å²) in [6.45, 7) is 0. The molecule has 1 heterocycles. The maximum absolute atomic E-state index is 10.7. The van der Waals surface area contributed by atoms with Gasteiger partial charge >= 0.3 is 0 Å². The number of rotatable bonds is 2. The molecule has 0 aromatic carbocycles. The van der Waals surface area contributed by atoms with Crippen molar-refractivity contribution in [3.8, 4) is 0 Å². The van der Waals surface area contributed by atoms with E-state index in [1.807, 2.05) is 0 Å². The summed E-state index contributed by atoms with van der Waals surface area (Å²) in [6, 6.07) is 2.16. The second kappa shape index (κ2) is 4.40. The Bertz CT molecular complexity index is 352. The van der Waals surface area contributed by atoms with Gasteiger partial charge in [-0.25, -0.2) is 0 Å². The molecule has 0 bridgehead atoms. The van der Waals surface area contributed by atoms with E-state index in [4.69, 9.17) is 0 Å². The van der Waals surface area contributed by atoms with Crippen molar-refractivity contribution in [1.82, 2.24) is 0 Å². The van der Waals surface area contributed by atoms with E-state index in [0.29, 0.717) is 5.41 Å². The van der Waals surface area contributed by atoms with E-state index >= 15 is 0 Å². The first-order valence-electron chi connectivity index (χ1n) is 6.93. The molecule has 1 nitrogen and oxygen atoms in total. The zero-order valence-corrected chi connectivity index (χ0v) is 11.3. The first kappa shape index (κ1) is 11.7. The monoisotopic (exact) mass is 250 g/mol. The third-order valence-electron chi connectivity index (χ3n) is 5.02. The van der Waals surface area contributed by atoms with Crippen LogP contribution in [0.3, 0.4) is 0 Å². The van der Waals surface area contributed by atoms with Crippen LogP contribution in [0.4, 0.5) is 0 Å². The molecule has 0 unspecified atom stereocenters. The average Bonchev–Trinajstić information content (AvgIpc) is 2.96. The first-order valence-corrected chi connectivity index (χ1v) is 7.88. The molecule has 1 N–H and O–H groups in total. The van der Waals surface area contributed by atoms with Gasteiger partial charge in [0.1, 0.15) is 0 Å². The van der Waals surface area contributed by atoms with Gasteiger partial charge in [0.15, 0.2) is 0 Å². The molecule has 0 atom stereocenters. The zero-order valence-electron chi connectivity index (χ0n) is 10.5. The fourth-order valence-corrected chi connectivity index (χ4v) is 4.49. The van der Waals surface area contributed by atoms with Gasteiger partial charge in [0.2, 0.25) is 0 Å². The lowest BCUT2D eigenvalue weighted by Gasteiger charge is -2.42. The van der Waals surface area contributed by atoms with E-state index in [2.05, 4.69) is 16.8 Å². The van der Waals surface area contributed by atoms with Crippen LogP contribution in [0, 0.1) is 5.41 Å². The number of hydrogen-bond acceptors (Lipinski definition) is 2. The smallest absolute Gasteiger partial charge is 0.0688 e. The molecule has 3 rings (SSSR count). The summed E-state index contributed by atoms with van der Waals surface area (Å²) in [5, 5.41) is 15.0. The highest BCUT2D eigenvalue weighted by molar-refractivity contribution is 7.07. The van der Waals surface area contributed by atoms with Gasteiger partial charge in [-0.3, -0.25) is 0 Å². The molecule has 94 valence electrons. The minimum absolute atomic E-state index is 0.408. The Morgan fingerprint density at radius 2 is 1.76 bits per heavy atom. The highest BCUT2D eigenvalue weighted by Gasteiger charge is 2.42. The van der Waals surface area contributed by atoms with E-state index < -0.39 is 5.60 Å². The number of aliphatic hydroxyl groups is 1. The summed E-state index contributed by atoms with van der Waals surface area (Å²) in [4.78, 5) is 0. The van der Waals surface area contributed by atoms with Crippen molar-refractivity contribution >= 4 is 11.3 Å². The number of hydrogen-bond donors (Lipinski definition) is 1. The maximum atomic E-state index is 10.7. The Kier molecular flexibility index (Phi) is 3.04. The van der Waals surface area contributed by atoms with Gasteiger partial charge in [0.05, 0.1) is 5.60 Å². The largest absolute Gasteiger partial charge is 0.390 e. The van der Waals surface area contributed by atoms with E-state index in [9.17, 15) is 5.11 Å². The molecule has 0 saturated heterocycles. The third-order valence-corrected chi connectivity index (χ3v) is 5.75. The minimum Gasteiger partial charge on any atom is -0.390 e. The second-order valence-corrected chi connectivity index (χ2v) is 7.02. The first-order chi connectivity index (χ1) is 8.20. The zero-order chi connectivity index (χ0) is 11.8. The Morgan fingerprint density at radius 3 is 2.35 bits per heavy atom. The summed E-state index contributed by atoms with van der Waals surface area (Å²) >= 11 is 1.73. The van der Waals surface area contributed by atoms with Crippen molar-refractivity contribution in [3.63, 3.8) is 0 Å². The van der Waals surface area contributed by atoms with Crippen LogP contribution >= 0.6 is 11.3 Å². The summed E-state index contributed by atoms with van der Waals surface area (Å²) in [7, 11) is 0. The fraction of sp³-hybridized carbons (Fsp3) is 0.733. The molecule has 2 aliphatic carbocycles. The predicted molar refractivity (Wildman–Crippen MR) is 72.3 cm³/mol. The molecule has 1 aromatic rings. The number of thiophene rings is 1. The Morgan fingerprint density at radius 1 is 1.06 bits per heavy atom. The molecule has 17 heavy (non-hydrogen) atoms. The van der Waals surface area contributed by atoms with Crippen molar-refractivity contribution in [1.29, 1.82) is 0 Å². The normalized spacial score (nSPS) is 26.4. The van der Waals surface area contributed by atoms with Gasteiger partial charge in [-0.15, -0.1) is 0 Å². The van der Waals surface area contributed by atoms with Crippen molar-refractivity contribution in [3.05, 3.63) is 22.4 Å². The van der Waals surface area contributed by atoms with Crippen LogP contribution < -0.4 is 0 Å². The summed E-state index contributed by atoms with van der Waals surface area (Å²) < 4.78 is 0. The molecule has 2 fully saturated rings. The van der Waals surface area contributed by atoms with Crippen LogP contribution in [0.1, 0.15) is 56.9 Å². The molecule has 1 aromatic heterocycles. The highest BCUT2D eigenvalue weighted by atomic mass is 32.1. The van der Waals surface area contributed by atoms with Crippen molar-refractivity contribution in [2.45, 2.75) is 63.4 Å². The van der Waals surface area contributed by atoms with Crippen LogP contribution in [-0.4, -0.2) is 10.7 Å². The summed E-state index contributed by atoms with van der Waals surface area (Å²) in [5.74, 6) is 0. The predicted octanol–water partition coefficient (Wildman–Crippen LogP) is 4.16. The lowest BCUT2D eigenvalue weighted by Crippen LogP contribution is -2.39. The van der Waals surface area contributed by atoms with Crippen molar-refractivity contribution < 1.29 is 5.11 Å². The van der Waals surface area contributed by atoms with Gasteiger partial charge in [0, 0.05) is 6.42 Å². The fourth-order valence-electron chi connectivity index (χ4n) is 3.82. The molecule has 1 spiro atoms. The van der Waals surface area contributed by atoms with Crippen LogP contribution in [0.25, 0.3) is 0 Å². The third kappa shape index (κ3) is 2.43. The van der Waals surface area contributed by atoms with Gasteiger partial charge in [0.25, 0.3) is 0 Å². The molecule has 2 heteroatoms. The van der Waals surface area contributed by atoms with Crippen molar-refractivity contribution in [2.75, 3.05) is 0 Å². The van der Waals surface area contributed by atoms with E-state index in [1.54, 1.807) is 11.3 Å². The second-order valence-electron chi connectivity index (χ2n) is 6.24. The standard InChI is InChI=1S/C15H22OS/c16-15(11-13-3-10-17-12-13)8-6-14(7-9-15)4-1-2-5-14/h3,10,12,16H,1-2,4-9,11H2. The molecule has 2 aliphatic rings. The van der Waals surface area contributed by atoms with E-state index in [0.717, 1.165) is 19.3 Å². The molecule has 0 radical (unpaired) electrons. The average molecular weight is 250 g/mol. The van der Waals surface area contributed by atoms with E-state index in [-0.39, 0.29) is 0 Å². The molecule has 2 saturated carbocycles. The van der Waals surface area contributed by atoms with Crippen LogP contribution in [0.15, 0.2) is 16.8 Å².